The SMILES string of the molecule is CCNC(C)C(=O)c1cc(F)c2ccoc2c1. The predicted molar refractivity (Wildman–Crippen MR) is 63.6 cm³/mol. The van der Waals surface area contributed by atoms with E-state index in [1.807, 2.05) is 6.92 Å². The minimum absolute atomic E-state index is 0.135. The fourth-order valence-corrected chi connectivity index (χ4v) is 1.82. The molecule has 90 valence electrons. The van der Waals surface area contributed by atoms with Crippen LogP contribution in [0.25, 0.3) is 11.0 Å². The molecule has 1 aromatic heterocycles. The Morgan fingerprint density at radius 1 is 1.53 bits per heavy atom. The van der Waals surface area contributed by atoms with Gasteiger partial charge in [-0.05, 0) is 31.7 Å². The highest BCUT2D eigenvalue weighted by Crippen LogP contribution is 2.21. The molecule has 4 heteroatoms. The number of furan rings is 1. The van der Waals surface area contributed by atoms with Gasteiger partial charge in [-0.15, -0.1) is 0 Å². The Kier molecular flexibility index (Phi) is 3.24. The fourth-order valence-electron chi connectivity index (χ4n) is 1.82. The third-order valence-electron chi connectivity index (χ3n) is 2.71. The van der Waals surface area contributed by atoms with Crippen LogP contribution in [0.3, 0.4) is 0 Å². The molecule has 3 nitrogen and oxygen atoms in total. The summed E-state index contributed by atoms with van der Waals surface area (Å²) in [6.07, 6.45) is 1.41. The van der Waals surface area contributed by atoms with E-state index < -0.39 is 5.82 Å². The van der Waals surface area contributed by atoms with Crippen molar-refractivity contribution in [1.82, 2.24) is 5.32 Å². The molecular weight excluding hydrogens is 221 g/mol. The third-order valence-corrected chi connectivity index (χ3v) is 2.71. The second-order valence-corrected chi connectivity index (χ2v) is 3.93. The lowest BCUT2D eigenvalue weighted by Crippen LogP contribution is -2.33. The molecule has 0 saturated carbocycles. The molecule has 17 heavy (non-hydrogen) atoms. The van der Waals surface area contributed by atoms with Crippen molar-refractivity contribution in [2.75, 3.05) is 6.54 Å². The number of halogens is 1. The van der Waals surface area contributed by atoms with Crippen molar-refractivity contribution in [2.24, 2.45) is 0 Å². The van der Waals surface area contributed by atoms with Gasteiger partial charge in [-0.3, -0.25) is 4.79 Å². The normalized spacial score (nSPS) is 12.9. The molecule has 0 spiro atoms. The van der Waals surface area contributed by atoms with Crippen LogP contribution in [0.2, 0.25) is 0 Å². The summed E-state index contributed by atoms with van der Waals surface area (Å²) in [5.74, 6) is -0.563. The summed E-state index contributed by atoms with van der Waals surface area (Å²) in [5.41, 5.74) is 0.732. The number of Topliss-reactive ketones (excluding diaryl/α,β-unsaturated/α-hetero) is 1. The van der Waals surface area contributed by atoms with Crippen LogP contribution in [-0.4, -0.2) is 18.4 Å². The smallest absolute Gasteiger partial charge is 0.179 e. The summed E-state index contributed by atoms with van der Waals surface area (Å²) in [6.45, 7) is 4.37. The Labute approximate surface area is 98.6 Å². The lowest BCUT2D eigenvalue weighted by molar-refractivity contribution is 0.0951. The van der Waals surface area contributed by atoms with Crippen LogP contribution >= 0.6 is 0 Å². The summed E-state index contributed by atoms with van der Waals surface area (Å²) in [7, 11) is 0. The average molecular weight is 235 g/mol. The fraction of sp³-hybridized carbons (Fsp3) is 0.308. The molecule has 0 saturated heterocycles. The molecular formula is C13H14FNO2. The molecule has 0 aliphatic carbocycles. The minimum Gasteiger partial charge on any atom is -0.464 e. The van der Waals surface area contributed by atoms with Gasteiger partial charge >= 0.3 is 0 Å². The first-order valence-electron chi connectivity index (χ1n) is 5.58. The summed E-state index contributed by atoms with van der Waals surface area (Å²) in [4.78, 5) is 12.0. The molecule has 0 fully saturated rings. The van der Waals surface area contributed by atoms with Gasteiger partial charge in [0.15, 0.2) is 5.78 Å². The molecule has 0 aliphatic heterocycles. The first-order valence-corrected chi connectivity index (χ1v) is 5.58. The zero-order valence-corrected chi connectivity index (χ0v) is 9.79. The molecule has 2 aromatic rings. The van der Waals surface area contributed by atoms with E-state index in [1.54, 1.807) is 19.1 Å². The maximum absolute atomic E-state index is 13.7. The number of benzene rings is 1. The van der Waals surface area contributed by atoms with Crippen molar-refractivity contribution in [2.45, 2.75) is 19.9 Å². The van der Waals surface area contributed by atoms with Gasteiger partial charge in [0.05, 0.1) is 17.7 Å². The van der Waals surface area contributed by atoms with Gasteiger partial charge in [0.25, 0.3) is 0 Å². The zero-order chi connectivity index (χ0) is 12.4. The van der Waals surface area contributed by atoms with E-state index in [2.05, 4.69) is 5.32 Å². The molecule has 2 rings (SSSR count). The highest BCUT2D eigenvalue weighted by atomic mass is 19.1. The largest absolute Gasteiger partial charge is 0.464 e. The summed E-state index contributed by atoms with van der Waals surface area (Å²) in [5, 5.41) is 3.40. The van der Waals surface area contributed by atoms with Crippen LogP contribution in [0.1, 0.15) is 24.2 Å². The predicted octanol–water partition coefficient (Wildman–Crippen LogP) is 2.75. The van der Waals surface area contributed by atoms with Crippen molar-refractivity contribution < 1.29 is 13.6 Å². The third kappa shape index (κ3) is 2.22. The number of hydrogen-bond donors (Lipinski definition) is 1. The van der Waals surface area contributed by atoms with E-state index in [0.717, 1.165) is 0 Å². The van der Waals surface area contributed by atoms with E-state index in [0.29, 0.717) is 23.1 Å². The number of likely N-dealkylation sites (N-methyl/N-ethyl adjacent to an activating group) is 1. The van der Waals surface area contributed by atoms with Crippen molar-refractivity contribution in [3.8, 4) is 0 Å². The number of hydrogen-bond acceptors (Lipinski definition) is 3. The van der Waals surface area contributed by atoms with E-state index in [4.69, 9.17) is 4.42 Å². The Balaban J connectivity index is 2.38. The quantitative estimate of drug-likeness (QED) is 0.828. The van der Waals surface area contributed by atoms with Crippen molar-refractivity contribution in [1.29, 1.82) is 0 Å². The van der Waals surface area contributed by atoms with Gasteiger partial charge in [-0.1, -0.05) is 6.92 Å². The van der Waals surface area contributed by atoms with Crippen LogP contribution < -0.4 is 5.32 Å². The molecule has 1 unspecified atom stereocenters. The number of ketones is 1. The Hall–Kier alpha value is -1.68. The summed E-state index contributed by atoms with van der Waals surface area (Å²) < 4.78 is 18.8. The van der Waals surface area contributed by atoms with Crippen molar-refractivity contribution in [3.05, 3.63) is 35.8 Å². The minimum atomic E-state index is -0.428. The van der Waals surface area contributed by atoms with Crippen LogP contribution in [0.5, 0.6) is 0 Å². The summed E-state index contributed by atoms with van der Waals surface area (Å²) in [6, 6.07) is 4.06. The first-order chi connectivity index (χ1) is 8.13. The lowest BCUT2D eigenvalue weighted by Gasteiger charge is -2.11. The van der Waals surface area contributed by atoms with Gasteiger partial charge in [0, 0.05) is 5.56 Å². The number of carbonyl (C=O) groups is 1. The molecule has 1 heterocycles. The Morgan fingerprint density at radius 3 is 3.00 bits per heavy atom. The number of fused-ring (bicyclic) bond motifs is 1. The highest BCUT2D eigenvalue weighted by molar-refractivity contribution is 6.02. The van der Waals surface area contributed by atoms with Gasteiger partial charge in [-0.25, -0.2) is 4.39 Å². The Bertz CT molecular complexity index is 547. The Morgan fingerprint density at radius 2 is 2.29 bits per heavy atom. The standard InChI is InChI=1S/C13H14FNO2/c1-3-15-8(2)13(16)9-6-11(14)10-4-5-17-12(10)7-9/h4-8,15H,3H2,1-2H3. The molecule has 0 aliphatic rings. The molecule has 0 bridgehead atoms. The van der Waals surface area contributed by atoms with E-state index in [9.17, 15) is 9.18 Å². The van der Waals surface area contributed by atoms with Crippen LogP contribution in [0, 0.1) is 5.82 Å². The lowest BCUT2D eigenvalue weighted by atomic mass is 10.0. The zero-order valence-electron chi connectivity index (χ0n) is 9.79. The maximum atomic E-state index is 13.7. The van der Waals surface area contributed by atoms with E-state index in [-0.39, 0.29) is 11.8 Å². The van der Waals surface area contributed by atoms with Gasteiger partial charge in [0.1, 0.15) is 11.4 Å². The molecule has 1 atom stereocenters. The molecule has 1 N–H and O–H groups in total. The maximum Gasteiger partial charge on any atom is 0.179 e. The van der Waals surface area contributed by atoms with Gasteiger partial charge < -0.3 is 9.73 Å². The number of rotatable bonds is 4. The number of nitrogens with one attached hydrogen (secondary N) is 1. The number of carbonyl (C=O) groups excluding carboxylic acids is 1. The van der Waals surface area contributed by atoms with Crippen LogP contribution in [0.15, 0.2) is 28.9 Å². The van der Waals surface area contributed by atoms with Crippen LogP contribution in [-0.2, 0) is 0 Å². The molecule has 0 radical (unpaired) electrons. The summed E-state index contributed by atoms with van der Waals surface area (Å²) >= 11 is 0. The second-order valence-electron chi connectivity index (χ2n) is 3.93. The van der Waals surface area contributed by atoms with Crippen LogP contribution in [0.4, 0.5) is 4.39 Å². The average Bonchev–Trinajstić information content (AvgIpc) is 2.77. The highest BCUT2D eigenvalue weighted by Gasteiger charge is 2.17. The topological polar surface area (TPSA) is 42.2 Å². The monoisotopic (exact) mass is 235 g/mol. The van der Waals surface area contributed by atoms with Crippen molar-refractivity contribution >= 4 is 16.8 Å². The van der Waals surface area contributed by atoms with E-state index >= 15 is 0 Å². The first kappa shape index (κ1) is 11.8. The molecule has 1 aromatic carbocycles. The second kappa shape index (κ2) is 4.67. The van der Waals surface area contributed by atoms with Crippen molar-refractivity contribution in [3.63, 3.8) is 0 Å². The van der Waals surface area contributed by atoms with Gasteiger partial charge in [-0.2, -0.15) is 0 Å². The van der Waals surface area contributed by atoms with E-state index in [1.165, 1.54) is 12.3 Å². The van der Waals surface area contributed by atoms with Gasteiger partial charge in [0.2, 0.25) is 0 Å². The molecule has 0 amide bonds.